The van der Waals surface area contributed by atoms with E-state index in [1.807, 2.05) is 42.6 Å². The van der Waals surface area contributed by atoms with Crippen LogP contribution in [0.2, 0.25) is 0 Å². The molecule has 0 fully saturated rings. The quantitative estimate of drug-likeness (QED) is 0.680. The van der Waals surface area contributed by atoms with Crippen molar-refractivity contribution in [1.29, 1.82) is 0 Å². The topological polar surface area (TPSA) is 60.6 Å². The van der Waals surface area contributed by atoms with Crippen LogP contribution in [0.1, 0.15) is 28.4 Å². The molecule has 0 bridgehead atoms. The van der Waals surface area contributed by atoms with Crippen LogP contribution >= 0.6 is 11.9 Å². The van der Waals surface area contributed by atoms with Crippen molar-refractivity contribution in [1.82, 2.24) is 9.29 Å². The van der Waals surface area contributed by atoms with Gasteiger partial charge in [0.05, 0.1) is 11.7 Å². The van der Waals surface area contributed by atoms with Gasteiger partial charge in [-0.15, -0.1) is 0 Å². The first-order valence-corrected chi connectivity index (χ1v) is 10.1. The highest BCUT2D eigenvalue weighted by molar-refractivity contribution is 7.97. The van der Waals surface area contributed by atoms with Gasteiger partial charge in [0.1, 0.15) is 13.2 Å². The monoisotopic (exact) mass is 391 g/mol. The molecule has 0 saturated carbocycles. The third-order valence-electron chi connectivity index (χ3n) is 5.02. The third-order valence-corrected chi connectivity index (χ3v) is 6.00. The van der Waals surface area contributed by atoms with E-state index in [2.05, 4.69) is 27.5 Å². The van der Waals surface area contributed by atoms with E-state index >= 15 is 0 Å². The lowest BCUT2D eigenvalue weighted by Crippen LogP contribution is -2.15. The molecule has 0 saturated heterocycles. The average Bonchev–Trinajstić information content (AvgIpc) is 3.15. The Labute approximate surface area is 168 Å². The van der Waals surface area contributed by atoms with E-state index in [9.17, 15) is 0 Å². The maximum Gasteiger partial charge on any atom is 0.162 e. The minimum atomic E-state index is -0.203. The van der Waals surface area contributed by atoms with Crippen LogP contribution in [-0.4, -0.2) is 22.5 Å². The summed E-state index contributed by atoms with van der Waals surface area (Å²) in [6.07, 6.45) is 1.97. The number of fused-ring (bicyclic) bond motifs is 2. The Morgan fingerprint density at radius 1 is 0.929 bits per heavy atom. The summed E-state index contributed by atoms with van der Waals surface area (Å²) in [4.78, 5) is 5.77. The van der Waals surface area contributed by atoms with E-state index < -0.39 is 0 Å². The largest absolute Gasteiger partial charge is 0.486 e. The van der Waals surface area contributed by atoms with E-state index in [1.165, 1.54) is 11.1 Å². The molecule has 3 aromatic rings. The first-order valence-electron chi connectivity index (χ1n) is 9.37. The van der Waals surface area contributed by atoms with Crippen LogP contribution in [0.5, 0.6) is 11.5 Å². The van der Waals surface area contributed by atoms with E-state index in [0.717, 1.165) is 40.7 Å². The predicted octanol–water partition coefficient (Wildman–Crippen LogP) is 3.92. The maximum atomic E-state index is 6.43. The summed E-state index contributed by atoms with van der Waals surface area (Å²) < 4.78 is 13.6. The highest BCUT2D eigenvalue weighted by Crippen LogP contribution is 2.38. The SMILES string of the molecule is NC(c1ccccc1)c1cc2c(cn1)CN(Sc1ccc3c(c1)OCCO3)C2. The summed E-state index contributed by atoms with van der Waals surface area (Å²) in [6.45, 7) is 2.95. The molecule has 0 aliphatic carbocycles. The summed E-state index contributed by atoms with van der Waals surface area (Å²) in [5, 5.41) is 0. The number of nitrogens with two attached hydrogens (primary N) is 1. The Bertz CT molecular complexity index is 996. The number of benzene rings is 2. The summed E-state index contributed by atoms with van der Waals surface area (Å²) >= 11 is 1.73. The van der Waals surface area contributed by atoms with Gasteiger partial charge in [0.25, 0.3) is 0 Å². The van der Waals surface area contributed by atoms with Crippen LogP contribution in [0.15, 0.2) is 65.7 Å². The van der Waals surface area contributed by atoms with Gasteiger partial charge in [-0.05, 0) is 52.9 Å². The van der Waals surface area contributed by atoms with Crippen molar-refractivity contribution in [3.8, 4) is 11.5 Å². The molecule has 0 spiro atoms. The lowest BCUT2D eigenvalue weighted by atomic mass is 10.0. The molecular weight excluding hydrogens is 370 g/mol. The van der Waals surface area contributed by atoms with E-state index in [-0.39, 0.29) is 6.04 Å². The fourth-order valence-electron chi connectivity index (χ4n) is 3.56. The molecule has 2 aliphatic rings. The highest BCUT2D eigenvalue weighted by Gasteiger charge is 2.23. The number of pyridine rings is 1. The average molecular weight is 391 g/mol. The normalized spacial score (nSPS) is 16.6. The molecule has 5 nitrogen and oxygen atoms in total. The third kappa shape index (κ3) is 3.46. The number of rotatable bonds is 4. The molecule has 2 aliphatic heterocycles. The Kier molecular flexibility index (Phi) is 4.68. The van der Waals surface area contributed by atoms with Gasteiger partial charge in [-0.25, -0.2) is 4.31 Å². The van der Waals surface area contributed by atoms with Crippen LogP contribution in [0.25, 0.3) is 0 Å². The summed E-state index contributed by atoms with van der Waals surface area (Å²) in [7, 11) is 0. The molecule has 1 aromatic heterocycles. The molecule has 2 aromatic carbocycles. The Balaban J connectivity index is 1.30. The van der Waals surface area contributed by atoms with Crippen molar-refractivity contribution < 1.29 is 9.47 Å². The number of hydrogen-bond acceptors (Lipinski definition) is 6. The molecule has 6 heteroatoms. The van der Waals surface area contributed by atoms with Crippen LogP contribution in [0, 0.1) is 0 Å². The zero-order chi connectivity index (χ0) is 18.9. The second-order valence-electron chi connectivity index (χ2n) is 6.96. The van der Waals surface area contributed by atoms with E-state index in [0.29, 0.717) is 13.2 Å². The number of ether oxygens (including phenoxy) is 2. The van der Waals surface area contributed by atoms with Gasteiger partial charge >= 0.3 is 0 Å². The molecule has 1 atom stereocenters. The van der Waals surface area contributed by atoms with Gasteiger partial charge < -0.3 is 15.2 Å². The van der Waals surface area contributed by atoms with Crippen LogP contribution in [0.4, 0.5) is 0 Å². The van der Waals surface area contributed by atoms with Gasteiger partial charge in [0.15, 0.2) is 11.5 Å². The Morgan fingerprint density at radius 2 is 1.71 bits per heavy atom. The number of nitrogens with zero attached hydrogens (tertiary/aromatic N) is 2. The molecule has 1 unspecified atom stereocenters. The second-order valence-corrected chi connectivity index (χ2v) is 8.13. The smallest absolute Gasteiger partial charge is 0.162 e. The van der Waals surface area contributed by atoms with Gasteiger partial charge in [-0.1, -0.05) is 30.3 Å². The molecule has 0 amide bonds. The van der Waals surface area contributed by atoms with Crippen molar-refractivity contribution in [2.75, 3.05) is 13.2 Å². The molecule has 3 heterocycles. The summed E-state index contributed by atoms with van der Waals surface area (Å²) in [5.41, 5.74) is 11.0. The first-order chi connectivity index (χ1) is 13.8. The summed E-state index contributed by atoms with van der Waals surface area (Å²) in [5.74, 6) is 1.65. The van der Waals surface area contributed by atoms with Crippen LogP contribution in [0.3, 0.4) is 0 Å². The summed E-state index contributed by atoms with van der Waals surface area (Å²) in [6, 6.07) is 18.2. The van der Waals surface area contributed by atoms with E-state index in [1.54, 1.807) is 11.9 Å². The van der Waals surface area contributed by atoms with Gasteiger partial charge in [0.2, 0.25) is 0 Å². The van der Waals surface area contributed by atoms with Crippen molar-refractivity contribution in [3.63, 3.8) is 0 Å². The fraction of sp³-hybridized carbons (Fsp3) is 0.227. The highest BCUT2D eigenvalue weighted by atomic mass is 32.2. The lowest BCUT2D eigenvalue weighted by Gasteiger charge is -2.20. The molecule has 5 rings (SSSR count). The standard InChI is InChI=1S/C22H21N3O2S/c23-22(15-4-2-1-3-5-15)19-10-16-13-25(14-17(16)12-24-19)28-18-6-7-20-21(11-18)27-9-8-26-20/h1-7,10-12,22H,8-9,13-14,23H2. The molecular formula is C22H21N3O2S. The first kappa shape index (κ1) is 17.6. The van der Waals surface area contributed by atoms with Gasteiger partial charge in [0, 0.05) is 24.2 Å². The van der Waals surface area contributed by atoms with E-state index in [4.69, 9.17) is 15.2 Å². The van der Waals surface area contributed by atoms with Crippen molar-refractivity contribution in [2.45, 2.75) is 24.0 Å². The zero-order valence-electron chi connectivity index (χ0n) is 15.4. The van der Waals surface area contributed by atoms with Crippen LogP contribution in [-0.2, 0) is 13.1 Å². The minimum absolute atomic E-state index is 0.203. The number of hydrogen-bond donors (Lipinski definition) is 1. The number of aromatic nitrogens is 1. The molecule has 142 valence electrons. The van der Waals surface area contributed by atoms with Crippen molar-refractivity contribution in [2.24, 2.45) is 5.73 Å². The Morgan fingerprint density at radius 3 is 2.57 bits per heavy atom. The zero-order valence-corrected chi connectivity index (χ0v) is 16.2. The predicted molar refractivity (Wildman–Crippen MR) is 109 cm³/mol. The van der Waals surface area contributed by atoms with Gasteiger partial charge in [-0.2, -0.15) is 0 Å². The molecule has 0 radical (unpaired) electrons. The van der Waals surface area contributed by atoms with Crippen LogP contribution < -0.4 is 15.2 Å². The second kappa shape index (κ2) is 7.47. The van der Waals surface area contributed by atoms with Crippen molar-refractivity contribution >= 4 is 11.9 Å². The fourth-order valence-corrected chi connectivity index (χ4v) is 4.56. The molecule has 2 N–H and O–H groups in total. The maximum absolute atomic E-state index is 6.43. The van der Waals surface area contributed by atoms with Crippen molar-refractivity contribution in [3.05, 3.63) is 83.2 Å². The Hall–Kier alpha value is -2.54. The molecule has 28 heavy (non-hydrogen) atoms. The lowest BCUT2D eigenvalue weighted by molar-refractivity contribution is 0.171. The van der Waals surface area contributed by atoms with Gasteiger partial charge in [-0.3, -0.25) is 4.98 Å². The minimum Gasteiger partial charge on any atom is -0.486 e.